The highest BCUT2D eigenvalue weighted by atomic mass is 16.6. The molecule has 1 aromatic carbocycles. The summed E-state index contributed by atoms with van der Waals surface area (Å²) in [5.41, 5.74) is 1.26. The first-order chi connectivity index (χ1) is 27.0. The van der Waals surface area contributed by atoms with Gasteiger partial charge in [-0.3, -0.25) is 19.4 Å². The number of nitrogens with one attached hydrogen (secondary N) is 2. The van der Waals surface area contributed by atoms with Gasteiger partial charge in [0.15, 0.2) is 0 Å². The molecule has 57 heavy (non-hydrogen) atoms. The van der Waals surface area contributed by atoms with E-state index in [0.717, 1.165) is 43.5 Å². The average molecular weight is 798 g/mol. The van der Waals surface area contributed by atoms with E-state index in [0.29, 0.717) is 51.1 Å². The third kappa shape index (κ3) is 11.2. The number of hydrogen-bond donors (Lipinski definition) is 2. The zero-order valence-electron chi connectivity index (χ0n) is 35.8. The topological polar surface area (TPSA) is 148 Å². The Morgan fingerprint density at radius 2 is 1.68 bits per heavy atom. The lowest BCUT2D eigenvalue weighted by atomic mass is 9.62. The van der Waals surface area contributed by atoms with Crippen LogP contribution in [0.15, 0.2) is 24.3 Å². The van der Waals surface area contributed by atoms with Crippen LogP contribution >= 0.6 is 0 Å². The van der Waals surface area contributed by atoms with Crippen molar-refractivity contribution in [1.29, 1.82) is 0 Å². The molecule has 1 saturated carbocycles. The summed E-state index contributed by atoms with van der Waals surface area (Å²) in [5.74, 6) is -0.350. The third-order valence-electron chi connectivity index (χ3n) is 12.9. The molecule has 1 aliphatic carbocycles. The summed E-state index contributed by atoms with van der Waals surface area (Å²) in [6.45, 7) is 20.9. The summed E-state index contributed by atoms with van der Waals surface area (Å²) in [6, 6.07) is 5.85. The van der Waals surface area contributed by atoms with Gasteiger partial charge >= 0.3 is 19.3 Å². The smallest absolute Gasteiger partial charge is 0.448 e. The Hall–Kier alpha value is -3.40. The molecule has 318 valence electrons. The zero-order chi connectivity index (χ0) is 41.5. The Bertz CT molecular complexity index is 1510. The first-order valence-electron chi connectivity index (χ1n) is 21.1. The van der Waals surface area contributed by atoms with Crippen molar-refractivity contribution in [3.63, 3.8) is 0 Å². The van der Waals surface area contributed by atoms with Crippen LogP contribution in [0.1, 0.15) is 98.6 Å². The highest BCUT2D eigenvalue weighted by molar-refractivity contribution is 6.47. The minimum absolute atomic E-state index is 0.0151. The number of morpholine rings is 1. The molecule has 3 heterocycles. The minimum atomic E-state index is -1.04. The van der Waals surface area contributed by atoms with Crippen LogP contribution in [0.4, 0.5) is 9.59 Å². The number of nitrogens with zero attached hydrogens (tertiary/aromatic N) is 3. The molecule has 0 bridgehead atoms. The lowest BCUT2D eigenvalue weighted by molar-refractivity contribution is -0.142. The molecule has 3 fully saturated rings. The number of likely N-dealkylation sites (tertiary alicyclic amines) is 1. The molecule has 5 rings (SSSR count). The predicted molar refractivity (Wildman–Crippen MR) is 217 cm³/mol. The number of hydrogen-bond acceptors (Lipinski definition) is 10. The molecule has 15 heteroatoms. The monoisotopic (exact) mass is 798 g/mol. The first kappa shape index (κ1) is 44.7. The molecule has 7 atom stereocenters. The van der Waals surface area contributed by atoms with Crippen molar-refractivity contribution in [2.24, 2.45) is 22.7 Å². The maximum Gasteiger partial charge on any atom is 0.480 e. The molecule has 3 aliphatic heterocycles. The molecule has 4 amide bonds. The number of alkyl carbamates (subject to hydrolysis) is 1. The van der Waals surface area contributed by atoms with Crippen molar-refractivity contribution in [3.05, 3.63) is 35.4 Å². The molecule has 2 saturated heterocycles. The standard InChI is InChI=1S/C42H68BN5O9/c1-10-13-35(43(53-9)57-34-17-16-28(2)29(3)42(34,7)8)44-37(49)33-24-32(56-40(52)47-25-30-14-11-12-15-31(30)26-47)27-48(33)38(50)36(41(4,5)6)45-39(51)55-23-20-46-18-21-54-22-19-46/h11-12,14-15,28-29,32-36H,10,13,16-27H2,1-9H3,(H,44,49)(H,45,51)/t28-,29+,32+,33-,34-,35-,36+/m0/s1. The van der Waals surface area contributed by atoms with Gasteiger partial charge in [0.25, 0.3) is 0 Å². The predicted octanol–water partition coefficient (Wildman–Crippen LogP) is 5.02. The van der Waals surface area contributed by atoms with Gasteiger partial charge in [0.2, 0.25) is 11.8 Å². The van der Waals surface area contributed by atoms with Gasteiger partial charge < -0.3 is 39.1 Å². The fourth-order valence-corrected chi connectivity index (χ4v) is 8.77. The van der Waals surface area contributed by atoms with Crippen LogP contribution in [0, 0.1) is 22.7 Å². The second kappa shape index (κ2) is 19.6. The summed E-state index contributed by atoms with van der Waals surface area (Å²) in [4.78, 5) is 61.1. The maximum absolute atomic E-state index is 14.6. The van der Waals surface area contributed by atoms with Gasteiger partial charge in [-0.15, -0.1) is 0 Å². The normalized spacial score (nSPS) is 25.9. The van der Waals surface area contributed by atoms with E-state index in [-0.39, 0.29) is 31.1 Å². The van der Waals surface area contributed by atoms with Crippen LogP contribution in [0.25, 0.3) is 0 Å². The molecular weight excluding hydrogens is 729 g/mol. The zero-order valence-corrected chi connectivity index (χ0v) is 35.8. The van der Waals surface area contributed by atoms with Crippen molar-refractivity contribution in [2.75, 3.05) is 53.1 Å². The summed E-state index contributed by atoms with van der Waals surface area (Å²) in [6.07, 6.45) is 1.32. The van der Waals surface area contributed by atoms with Gasteiger partial charge in [-0.1, -0.05) is 86.1 Å². The maximum atomic E-state index is 14.6. The van der Waals surface area contributed by atoms with Gasteiger partial charge in [0.1, 0.15) is 24.8 Å². The minimum Gasteiger partial charge on any atom is -0.448 e. The van der Waals surface area contributed by atoms with Crippen LogP contribution in [-0.2, 0) is 46.2 Å². The van der Waals surface area contributed by atoms with Gasteiger partial charge in [-0.2, -0.15) is 0 Å². The lowest BCUT2D eigenvalue weighted by Crippen LogP contribution is -2.60. The molecule has 1 aromatic rings. The Morgan fingerprint density at radius 1 is 1.02 bits per heavy atom. The SMILES string of the molecule is CCC[C@H](NC(=O)[C@@H]1C[C@@H](OC(=O)N2Cc3ccccc3C2)CN1C(=O)[C@@H](NC(=O)OCCN1CCOCC1)C(C)(C)C)B(OC)O[C@H]1CC[C@H](C)[C@@H](C)C1(C)C. The first-order valence-corrected chi connectivity index (χ1v) is 21.1. The Morgan fingerprint density at radius 3 is 2.30 bits per heavy atom. The highest BCUT2D eigenvalue weighted by Crippen LogP contribution is 2.45. The van der Waals surface area contributed by atoms with E-state index in [4.69, 9.17) is 23.5 Å². The van der Waals surface area contributed by atoms with Gasteiger partial charge in [0.05, 0.1) is 25.7 Å². The molecule has 14 nitrogen and oxygen atoms in total. The highest BCUT2D eigenvalue weighted by Gasteiger charge is 2.49. The van der Waals surface area contributed by atoms with E-state index < -0.39 is 60.7 Å². The second-order valence-electron chi connectivity index (χ2n) is 18.2. The number of fused-ring (bicyclic) bond motifs is 1. The Balaban J connectivity index is 1.32. The van der Waals surface area contributed by atoms with E-state index in [1.165, 1.54) is 4.90 Å². The van der Waals surface area contributed by atoms with Crippen LogP contribution in [0.3, 0.4) is 0 Å². The average Bonchev–Trinajstić information content (AvgIpc) is 3.81. The third-order valence-corrected chi connectivity index (χ3v) is 12.9. The number of amides is 4. The molecule has 0 aromatic heterocycles. The van der Waals surface area contributed by atoms with Crippen LogP contribution in [0.2, 0.25) is 0 Å². The quantitative estimate of drug-likeness (QED) is 0.246. The van der Waals surface area contributed by atoms with Crippen molar-refractivity contribution < 1.29 is 42.7 Å². The molecular formula is C42H68BN5O9. The largest absolute Gasteiger partial charge is 0.480 e. The molecule has 0 unspecified atom stereocenters. The molecule has 0 radical (unpaired) electrons. The second-order valence-corrected chi connectivity index (χ2v) is 18.2. The molecule has 2 N–H and O–H groups in total. The van der Waals surface area contributed by atoms with Crippen LogP contribution < -0.4 is 10.6 Å². The van der Waals surface area contributed by atoms with E-state index in [1.807, 2.05) is 52.0 Å². The van der Waals surface area contributed by atoms with E-state index in [1.54, 1.807) is 12.0 Å². The number of carbonyl (C=O) groups is 4. The fourth-order valence-electron chi connectivity index (χ4n) is 8.77. The van der Waals surface area contributed by atoms with E-state index >= 15 is 0 Å². The van der Waals surface area contributed by atoms with Crippen molar-refractivity contribution in [2.45, 2.75) is 131 Å². The summed E-state index contributed by atoms with van der Waals surface area (Å²) in [7, 11) is 0.879. The van der Waals surface area contributed by atoms with Crippen molar-refractivity contribution >= 4 is 31.1 Å². The lowest BCUT2D eigenvalue weighted by Gasteiger charge is -2.48. The fraction of sp³-hybridized carbons (Fsp3) is 0.762. The van der Waals surface area contributed by atoms with E-state index in [9.17, 15) is 19.2 Å². The summed E-state index contributed by atoms with van der Waals surface area (Å²) in [5, 5.41) is 6.00. The molecule has 4 aliphatic rings. The number of ether oxygens (including phenoxy) is 3. The van der Waals surface area contributed by atoms with Crippen LogP contribution in [0.5, 0.6) is 0 Å². The number of rotatable bonds is 14. The van der Waals surface area contributed by atoms with Crippen molar-refractivity contribution in [1.82, 2.24) is 25.3 Å². The van der Waals surface area contributed by atoms with Crippen molar-refractivity contribution in [3.8, 4) is 0 Å². The number of benzene rings is 1. The van der Waals surface area contributed by atoms with Crippen LogP contribution in [-0.4, -0.2) is 129 Å². The molecule has 0 spiro atoms. The summed E-state index contributed by atoms with van der Waals surface area (Å²) >= 11 is 0. The van der Waals surface area contributed by atoms with Gasteiger partial charge in [-0.25, -0.2) is 9.59 Å². The Kier molecular flexibility index (Phi) is 15.3. The van der Waals surface area contributed by atoms with Gasteiger partial charge in [-0.05, 0) is 53.1 Å². The number of carbonyl (C=O) groups excluding carboxylic acids is 4. The Labute approximate surface area is 340 Å². The van der Waals surface area contributed by atoms with Gasteiger partial charge in [0, 0.05) is 52.4 Å². The summed E-state index contributed by atoms with van der Waals surface area (Å²) < 4.78 is 29.7. The van der Waals surface area contributed by atoms with E-state index in [2.05, 4.69) is 43.2 Å².